The van der Waals surface area contributed by atoms with Gasteiger partial charge in [-0.2, -0.15) is 0 Å². The van der Waals surface area contributed by atoms with Crippen molar-refractivity contribution in [2.75, 3.05) is 19.6 Å². The van der Waals surface area contributed by atoms with Gasteiger partial charge in [-0.3, -0.25) is 4.79 Å². The van der Waals surface area contributed by atoms with Gasteiger partial charge in [0, 0.05) is 6.54 Å². The Balaban J connectivity index is 1.58. The molecule has 25 heavy (non-hydrogen) atoms. The molecule has 5 heteroatoms. The summed E-state index contributed by atoms with van der Waals surface area (Å²) in [4.78, 5) is 12.9. The summed E-state index contributed by atoms with van der Waals surface area (Å²) in [6.45, 7) is 2.57. The van der Waals surface area contributed by atoms with Crippen LogP contribution in [-0.4, -0.2) is 30.6 Å². The van der Waals surface area contributed by atoms with Crippen LogP contribution in [0.1, 0.15) is 11.1 Å². The highest BCUT2D eigenvalue weighted by Gasteiger charge is 2.53. The van der Waals surface area contributed by atoms with Crippen LogP contribution in [0.25, 0.3) is 0 Å². The third kappa shape index (κ3) is 2.83. The second-order valence-corrected chi connectivity index (χ2v) is 6.94. The van der Waals surface area contributed by atoms with Gasteiger partial charge in [-0.05, 0) is 54.1 Å². The van der Waals surface area contributed by atoms with E-state index in [9.17, 15) is 14.3 Å². The number of aliphatic hydroxyl groups is 1. The largest absolute Gasteiger partial charge is 0.372 e. The molecule has 1 saturated carbocycles. The summed E-state index contributed by atoms with van der Waals surface area (Å²) in [7, 11) is 0. The highest BCUT2D eigenvalue weighted by molar-refractivity contribution is 5.90. The molecule has 1 amide bonds. The molecule has 0 spiro atoms. The van der Waals surface area contributed by atoms with E-state index in [1.807, 2.05) is 6.07 Å². The van der Waals surface area contributed by atoms with Crippen LogP contribution >= 0.6 is 0 Å². The average Bonchev–Trinajstić information content (AvgIpc) is 3.07. The van der Waals surface area contributed by atoms with Crippen molar-refractivity contribution in [3.8, 4) is 0 Å². The molecule has 2 aliphatic rings. The van der Waals surface area contributed by atoms with Gasteiger partial charge in [-0.1, -0.05) is 42.5 Å². The van der Waals surface area contributed by atoms with Crippen LogP contribution < -0.4 is 10.6 Å². The second-order valence-electron chi connectivity index (χ2n) is 6.94. The summed E-state index contributed by atoms with van der Waals surface area (Å²) < 4.78 is 13.3. The lowest BCUT2D eigenvalue weighted by atomic mass is 9.85. The molecular weight excluding hydrogens is 319 g/mol. The number of nitrogens with one attached hydrogen (secondary N) is 2. The van der Waals surface area contributed by atoms with E-state index in [-0.39, 0.29) is 0 Å². The SMILES string of the molecule is O=C(NCC1[C@H]2CNC[C@@H]12)C(O)(c1ccccc1)c1ccc(F)cc1. The summed E-state index contributed by atoms with van der Waals surface area (Å²) in [5.41, 5.74) is -1.01. The highest BCUT2D eigenvalue weighted by atomic mass is 19.1. The fourth-order valence-electron chi connectivity index (χ4n) is 3.99. The molecule has 2 aromatic rings. The van der Waals surface area contributed by atoms with Crippen LogP contribution in [0.2, 0.25) is 0 Å². The number of hydrogen-bond donors (Lipinski definition) is 3. The third-order valence-corrected chi connectivity index (χ3v) is 5.55. The molecule has 3 N–H and O–H groups in total. The predicted octanol–water partition coefficient (Wildman–Crippen LogP) is 1.64. The van der Waals surface area contributed by atoms with Gasteiger partial charge in [0.1, 0.15) is 5.82 Å². The summed E-state index contributed by atoms with van der Waals surface area (Å²) in [5, 5.41) is 17.5. The van der Waals surface area contributed by atoms with E-state index in [0.717, 1.165) is 13.1 Å². The Kier molecular flexibility index (Phi) is 4.06. The first-order valence-electron chi connectivity index (χ1n) is 8.63. The topological polar surface area (TPSA) is 61.4 Å². The maximum absolute atomic E-state index is 13.3. The van der Waals surface area contributed by atoms with Crippen molar-refractivity contribution < 1.29 is 14.3 Å². The Morgan fingerprint density at radius 3 is 2.32 bits per heavy atom. The Hall–Kier alpha value is -2.24. The fourth-order valence-corrected chi connectivity index (χ4v) is 3.99. The van der Waals surface area contributed by atoms with Crippen molar-refractivity contribution in [3.63, 3.8) is 0 Å². The molecular formula is C20H21FN2O2. The van der Waals surface area contributed by atoms with Gasteiger partial charge in [-0.15, -0.1) is 0 Å². The molecule has 4 rings (SSSR count). The molecule has 0 radical (unpaired) electrons. The van der Waals surface area contributed by atoms with Crippen molar-refractivity contribution in [1.29, 1.82) is 0 Å². The normalized spacial score (nSPS) is 26.6. The van der Waals surface area contributed by atoms with Crippen molar-refractivity contribution in [2.24, 2.45) is 17.8 Å². The smallest absolute Gasteiger partial charge is 0.261 e. The second kappa shape index (κ2) is 6.24. The summed E-state index contributed by atoms with van der Waals surface area (Å²) in [5.74, 6) is 0.881. The molecule has 1 saturated heterocycles. The number of halogens is 1. The van der Waals surface area contributed by atoms with E-state index < -0.39 is 17.3 Å². The number of fused-ring (bicyclic) bond motifs is 1. The van der Waals surface area contributed by atoms with Gasteiger partial charge in [0.25, 0.3) is 5.91 Å². The van der Waals surface area contributed by atoms with E-state index in [4.69, 9.17) is 0 Å². The van der Waals surface area contributed by atoms with Crippen molar-refractivity contribution >= 4 is 5.91 Å². The Labute approximate surface area is 146 Å². The fraction of sp³-hybridized carbons (Fsp3) is 0.350. The van der Waals surface area contributed by atoms with Gasteiger partial charge in [0.15, 0.2) is 5.60 Å². The van der Waals surface area contributed by atoms with Gasteiger partial charge in [-0.25, -0.2) is 4.39 Å². The monoisotopic (exact) mass is 340 g/mol. The van der Waals surface area contributed by atoms with Crippen LogP contribution in [0.15, 0.2) is 54.6 Å². The van der Waals surface area contributed by atoms with Gasteiger partial charge >= 0.3 is 0 Å². The molecule has 1 aliphatic carbocycles. The van der Waals surface area contributed by atoms with Gasteiger partial charge in [0.05, 0.1) is 0 Å². The van der Waals surface area contributed by atoms with Crippen LogP contribution in [0.5, 0.6) is 0 Å². The molecule has 1 heterocycles. The zero-order valence-electron chi connectivity index (χ0n) is 13.8. The van der Waals surface area contributed by atoms with Crippen molar-refractivity contribution in [2.45, 2.75) is 5.60 Å². The van der Waals surface area contributed by atoms with Crippen LogP contribution in [0.3, 0.4) is 0 Å². The van der Waals surface area contributed by atoms with Crippen LogP contribution in [0, 0.1) is 23.6 Å². The van der Waals surface area contributed by atoms with Crippen molar-refractivity contribution in [1.82, 2.24) is 10.6 Å². The van der Waals surface area contributed by atoms with E-state index in [1.165, 1.54) is 24.3 Å². The number of benzene rings is 2. The molecule has 4 nitrogen and oxygen atoms in total. The quantitative estimate of drug-likeness (QED) is 0.776. The summed E-state index contributed by atoms with van der Waals surface area (Å²) in [6, 6.07) is 14.2. The maximum atomic E-state index is 13.3. The molecule has 2 fully saturated rings. The molecule has 2 aromatic carbocycles. The maximum Gasteiger partial charge on any atom is 0.261 e. The van der Waals surface area contributed by atoms with Crippen LogP contribution in [-0.2, 0) is 10.4 Å². The molecule has 0 aromatic heterocycles. The zero-order chi connectivity index (χ0) is 17.4. The number of rotatable bonds is 5. The standard InChI is InChI=1S/C20H21FN2O2/c21-15-8-6-14(7-9-15)20(25,13-4-2-1-3-5-13)19(24)23-12-18-16-10-22-11-17(16)18/h1-9,16-18,22,25H,10-12H2,(H,23,24)/t16-,17+,18?,20?. The minimum absolute atomic E-state index is 0.357. The number of amides is 1. The minimum Gasteiger partial charge on any atom is -0.372 e. The van der Waals surface area contributed by atoms with Gasteiger partial charge in [0.2, 0.25) is 0 Å². The first kappa shape index (κ1) is 16.2. The molecule has 1 aliphatic heterocycles. The summed E-state index contributed by atoms with van der Waals surface area (Å²) in [6.07, 6.45) is 0. The predicted molar refractivity (Wildman–Crippen MR) is 92.2 cm³/mol. The lowest BCUT2D eigenvalue weighted by Gasteiger charge is -2.28. The number of carbonyl (C=O) groups excluding carboxylic acids is 1. The molecule has 2 unspecified atom stereocenters. The van der Waals surface area contributed by atoms with Crippen LogP contribution in [0.4, 0.5) is 4.39 Å². The Bertz CT molecular complexity index is 755. The first-order valence-corrected chi connectivity index (χ1v) is 8.63. The van der Waals surface area contributed by atoms with Crippen molar-refractivity contribution in [3.05, 3.63) is 71.5 Å². The van der Waals surface area contributed by atoms with E-state index in [2.05, 4.69) is 10.6 Å². The first-order chi connectivity index (χ1) is 12.1. The number of piperidine rings is 1. The molecule has 0 bridgehead atoms. The summed E-state index contributed by atoms with van der Waals surface area (Å²) >= 11 is 0. The molecule has 130 valence electrons. The van der Waals surface area contributed by atoms with E-state index in [0.29, 0.717) is 35.4 Å². The average molecular weight is 340 g/mol. The van der Waals surface area contributed by atoms with Gasteiger partial charge < -0.3 is 15.7 Å². The van der Waals surface area contributed by atoms with E-state index >= 15 is 0 Å². The highest BCUT2D eigenvalue weighted by Crippen LogP contribution is 2.48. The number of carbonyl (C=O) groups is 1. The molecule has 4 atom stereocenters. The number of hydrogen-bond acceptors (Lipinski definition) is 3. The minimum atomic E-state index is -1.84. The zero-order valence-corrected chi connectivity index (χ0v) is 13.8. The lowest BCUT2D eigenvalue weighted by Crippen LogP contribution is -2.46. The Morgan fingerprint density at radius 2 is 1.68 bits per heavy atom. The van der Waals surface area contributed by atoms with E-state index in [1.54, 1.807) is 24.3 Å². The lowest BCUT2D eigenvalue weighted by molar-refractivity contribution is -0.136. The third-order valence-electron chi connectivity index (χ3n) is 5.55. The Morgan fingerprint density at radius 1 is 1.08 bits per heavy atom.